The highest BCUT2D eigenvalue weighted by Crippen LogP contribution is 2.58. The maximum absolute atomic E-state index is 9.73. The van der Waals surface area contributed by atoms with Crippen molar-refractivity contribution in [3.8, 4) is 0 Å². The van der Waals surface area contributed by atoms with Crippen molar-refractivity contribution in [1.29, 1.82) is 0 Å². The van der Waals surface area contributed by atoms with E-state index in [1.807, 2.05) is 0 Å². The normalized spacial score (nSPS) is 51.5. The summed E-state index contributed by atoms with van der Waals surface area (Å²) < 4.78 is 0. The largest absolute Gasteiger partial charge is 0.393 e. The van der Waals surface area contributed by atoms with Crippen molar-refractivity contribution >= 4 is 0 Å². The Kier molecular flexibility index (Phi) is 2.18. The average Bonchev–Trinajstić information content (AvgIpc) is 2.07. The van der Waals surface area contributed by atoms with Crippen LogP contribution in [-0.4, -0.2) is 11.2 Å². The molecule has 1 N–H and O–H groups in total. The molecular formula is C12H22O. The molecule has 0 aromatic heterocycles. The highest BCUT2D eigenvalue weighted by molar-refractivity contribution is 4.99. The van der Waals surface area contributed by atoms with Crippen LogP contribution in [0.3, 0.4) is 0 Å². The van der Waals surface area contributed by atoms with E-state index < -0.39 is 0 Å². The Balaban J connectivity index is 2.20. The first kappa shape index (κ1) is 9.51. The fraction of sp³-hybridized carbons (Fsp3) is 1.00. The van der Waals surface area contributed by atoms with Crippen LogP contribution in [0.5, 0.6) is 0 Å². The second kappa shape index (κ2) is 2.98. The summed E-state index contributed by atoms with van der Waals surface area (Å²) in [5.74, 6) is 0. The lowest BCUT2D eigenvalue weighted by Gasteiger charge is -2.54. The number of fused-ring (bicyclic) bond motifs is 1. The molecule has 0 bridgehead atoms. The number of aliphatic hydroxyl groups is 1. The third kappa shape index (κ3) is 1.41. The van der Waals surface area contributed by atoms with Crippen molar-refractivity contribution in [3.05, 3.63) is 0 Å². The highest BCUT2D eigenvalue weighted by Gasteiger charge is 2.49. The zero-order valence-corrected chi connectivity index (χ0v) is 8.97. The van der Waals surface area contributed by atoms with Gasteiger partial charge in [0.05, 0.1) is 6.10 Å². The van der Waals surface area contributed by atoms with Crippen LogP contribution < -0.4 is 0 Å². The Morgan fingerprint density at radius 2 is 1.62 bits per heavy atom. The van der Waals surface area contributed by atoms with Crippen LogP contribution in [0, 0.1) is 10.8 Å². The Morgan fingerprint density at radius 1 is 1.00 bits per heavy atom. The van der Waals surface area contributed by atoms with Gasteiger partial charge in [0.2, 0.25) is 0 Å². The molecule has 0 aliphatic heterocycles. The molecule has 2 aliphatic rings. The van der Waals surface area contributed by atoms with Gasteiger partial charge in [-0.1, -0.05) is 26.7 Å². The van der Waals surface area contributed by atoms with E-state index in [9.17, 15) is 5.11 Å². The lowest BCUT2D eigenvalue weighted by molar-refractivity contribution is -0.0756. The van der Waals surface area contributed by atoms with Gasteiger partial charge >= 0.3 is 0 Å². The maximum atomic E-state index is 9.73. The van der Waals surface area contributed by atoms with Crippen molar-refractivity contribution in [2.75, 3.05) is 0 Å². The monoisotopic (exact) mass is 182 g/mol. The molecule has 2 saturated carbocycles. The van der Waals surface area contributed by atoms with Gasteiger partial charge in [0.1, 0.15) is 0 Å². The van der Waals surface area contributed by atoms with E-state index in [0.717, 1.165) is 12.8 Å². The molecule has 0 spiro atoms. The van der Waals surface area contributed by atoms with Crippen molar-refractivity contribution in [2.24, 2.45) is 10.8 Å². The van der Waals surface area contributed by atoms with Crippen LogP contribution in [-0.2, 0) is 0 Å². The lowest BCUT2D eigenvalue weighted by atomic mass is 9.51. The second-order valence-corrected chi connectivity index (χ2v) is 5.73. The summed E-state index contributed by atoms with van der Waals surface area (Å²) in [4.78, 5) is 0. The van der Waals surface area contributed by atoms with Gasteiger partial charge in [0.25, 0.3) is 0 Å². The molecular weight excluding hydrogens is 160 g/mol. The summed E-state index contributed by atoms with van der Waals surface area (Å²) in [5, 5.41) is 9.73. The molecule has 2 fully saturated rings. The first-order valence-electron chi connectivity index (χ1n) is 5.74. The summed E-state index contributed by atoms with van der Waals surface area (Å²) in [7, 11) is 0. The van der Waals surface area contributed by atoms with Crippen LogP contribution in [0.2, 0.25) is 0 Å². The molecule has 0 amide bonds. The van der Waals surface area contributed by atoms with Crippen molar-refractivity contribution in [2.45, 2.75) is 64.9 Å². The number of hydrogen-bond donors (Lipinski definition) is 1. The zero-order chi connectivity index (χ0) is 9.53. The minimum atomic E-state index is -0.0174. The molecule has 0 aromatic carbocycles. The zero-order valence-electron chi connectivity index (χ0n) is 8.97. The topological polar surface area (TPSA) is 20.2 Å². The Hall–Kier alpha value is -0.0400. The van der Waals surface area contributed by atoms with Gasteiger partial charge < -0.3 is 5.11 Å². The van der Waals surface area contributed by atoms with Gasteiger partial charge in [0.15, 0.2) is 0 Å². The van der Waals surface area contributed by atoms with E-state index in [-0.39, 0.29) is 6.10 Å². The van der Waals surface area contributed by atoms with Crippen molar-refractivity contribution < 1.29 is 5.11 Å². The minimum absolute atomic E-state index is 0.0174. The first-order chi connectivity index (χ1) is 6.06. The summed E-state index contributed by atoms with van der Waals surface area (Å²) in [6.45, 7) is 4.84. The number of rotatable bonds is 0. The molecule has 3 atom stereocenters. The van der Waals surface area contributed by atoms with E-state index in [0.29, 0.717) is 10.8 Å². The van der Waals surface area contributed by atoms with Gasteiger partial charge in [-0.3, -0.25) is 0 Å². The van der Waals surface area contributed by atoms with Crippen molar-refractivity contribution in [3.63, 3.8) is 0 Å². The summed E-state index contributed by atoms with van der Waals surface area (Å²) in [6.07, 6.45) is 8.80. The smallest absolute Gasteiger partial charge is 0.0545 e. The van der Waals surface area contributed by atoms with Gasteiger partial charge in [0, 0.05) is 0 Å². The van der Waals surface area contributed by atoms with E-state index in [2.05, 4.69) is 13.8 Å². The Labute approximate surface area is 81.5 Å². The first-order valence-corrected chi connectivity index (χ1v) is 5.74. The quantitative estimate of drug-likeness (QED) is 0.610. The van der Waals surface area contributed by atoms with E-state index in [1.165, 1.54) is 32.1 Å². The molecule has 76 valence electrons. The molecule has 0 saturated heterocycles. The predicted octanol–water partition coefficient (Wildman–Crippen LogP) is 3.12. The van der Waals surface area contributed by atoms with E-state index >= 15 is 0 Å². The third-order valence-electron chi connectivity index (χ3n) is 4.88. The van der Waals surface area contributed by atoms with E-state index in [1.54, 1.807) is 0 Å². The van der Waals surface area contributed by atoms with Crippen LogP contribution in [0.15, 0.2) is 0 Å². The van der Waals surface area contributed by atoms with E-state index in [4.69, 9.17) is 0 Å². The molecule has 2 rings (SSSR count). The molecule has 0 radical (unpaired) electrons. The maximum Gasteiger partial charge on any atom is 0.0545 e. The fourth-order valence-corrected chi connectivity index (χ4v) is 3.52. The third-order valence-corrected chi connectivity index (χ3v) is 4.88. The van der Waals surface area contributed by atoms with Gasteiger partial charge in [-0.05, 0) is 42.9 Å². The average molecular weight is 182 g/mol. The molecule has 1 heteroatoms. The molecule has 13 heavy (non-hydrogen) atoms. The fourth-order valence-electron chi connectivity index (χ4n) is 3.52. The standard InChI is InChI=1S/C12H22O/c1-11-6-3-4-7-12(11,2)9-10(13)5-8-11/h10,13H,3-9H2,1-2H3. The van der Waals surface area contributed by atoms with Crippen LogP contribution in [0.4, 0.5) is 0 Å². The molecule has 1 nitrogen and oxygen atoms in total. The Bertz CT molecular complexity index is 201. The molecule has 0 heterocycles. The SMILES string of the molecule is CC12CCCCC1(C)CC(O)CC2. The summed E-state index contributed by atoms with van der Waals surface area (Å²) >= 11 is 0. The molecule has 0 aromatic rings. The van der Waals surface area contributed by atoms with Crippen LogP contribution >= 0.6 is 0 Å². The summed E-state index contributed by atoms with van der Waals surface area (Å²) in [5.41, 5.74) is 0.966. The molecule has 2 aliphatic carbocycles. The van der Waals surface area contributed by atoms with Gasteiger partial charge in [-0.15, -0.1) is 0 Å². The minimum Gasteiger partial charge on any atom is -0.393 e. The number of aliphatic hydroxyl groups excluding tert-OH is 1. The van der Waals surface area contributed by atoms with Gasteiger partial charge in [-0.2, -0.15) is 0 Å². The second-order valence-electron chi connectivity index (χ2n) is 5.73. The number of hydrogen-bond acceptors (Lipinski definition) is 1. The lowest BCUT2D eigenvalue weighted by Crippen LogP contribution is -2.46. The predicted molar refractivity (Wildman–Crippen MR) is 54.5 cm³/mol. The summed E-state index contributed by atoms with van der Waals surface area (Å²) in [6, 6.07) is 0. The van der Waals surface area contributed by atoms with Crippen LogP contribution in [0.1, 0.15) is 58.8 Å². The van der Waals surface area contributed by atoms with Gasteiger partial charge in [-0.25, -0.2) is 0 Å². The highest BCUT2D eigenvalue weighted by atomic mass is 16.3. The Morgan fingerprint density at radius 3 is 2.31 bits per heavy atom. The van der Waals surface area contributed by atoms with Crippen LogP contribution in [0.25, 0.3) is 0 Å². The molecule has 3 unspecified atom stereocenters. The van der Waals surface area contributed by atoms with Crippen molar-refractivity contribution in [1.82, 2.24) is 0 Å².